The summed E-state index contributed by atoms with van der Waals surface area (Å²) in [4.78, 5) is 17.3. The predicted octanol–water partition coefficient (Wildman–Crippen LogP) is 6.31. The number of nitrogens with one attached hydrogen (secondary N) is 3. The Morgan fingerprint density at radius 1 is 1.10 bits per heavy atom. The van der Waals surface area contributed by atoms with Crippen LogP contribution in [0, 0.1) is 0 Å². The summed E-state index contributed by atoms with van der Waals surface area (Å²) in [5, 5.41) is 4.31. The van der Waals surface area contributed by atoms with Crippen molar-refractivity contribution in [2.24, 2.45) is 0 Å². The molecular weight excluding hydrogens is 442 g/mol. The highest BCUT2D eigenvalue weighted by Crippen LogP contribution is 2.37. The van der Waals surface area contributed by atoms with E-state index in [1.165, 1.54) is 6.07 Å². The molecule has 30 heavy (non-hydrogen) atoms. The van der Waals surface area contributed by atoms with Crippen molar-refractivity contribution < 1.29 is 22.7 Å². The van der Waals surface area contributed by atoms with Crippen molar-refractivity contribution in [3.05, 3.63) is 63.8 Å². The van der Waals surface area contributed by atoms with Gasteiger partial charge in [0, 0.05) is 33.9 Å². The van der Waals surface area contributed by atoms with Gasteiger partial charge in [0.15, 0.2) is 0 Å². The molecule has 5 nitrogen and oxygen atoms in total. The second-order valence-electron chi connectivity index (χ2n) is 6.57. The first-order chi connectivity index (χ1) is 14.2. The van der Waals surface area contributed by atoms with E-state index in [1.807, 2.05) is 0 Å². The Labute approximate surface area is 178 Å². The maximum absolute atomic E-state index is 13.4. The van der Waals surface area contributed by atoms with Gasteiger partial charge in [-0.25, -0.2) is 4.79 Å². The molecule has 0 atom stereocenters. The number of amides is 1. The highest BCUT2D eigenvalue weighted by atomic mass is 35.5. The van der Waals surface area contributed by atoms with Crippen LogP contribution in [0.25, 0.3) is 21.8 Å². The number of carbonyl (C=O) groups is 1. The third-order valence-corrected chi connectivity index (χ3v) is 5.13. The first-order valence-corrected chi connectivity index (χ1v) is 9.58. The first-order valence-electron chi connectivity index (χ1n) is 8.82. The van der Waals surface area contributed by atoms with E-state index in [1.54, 1.807) is 36.4 Å². The van der Waals surface area contributed by atoms with E-state index in [4.69, 9.17) is 27.9 Å². The molecule has 0 saturated heterocycles. The van der Waals surface area contributed by atoms with Gasteiger partial charge in [-0.1, -0.05) is 35.3 Å². The van der Waals surface area contributed by atoms with E-state index in [-0.39, 0.29) is 34.9 Å². The van der Waals surface area contributed by atoms with Crippen LogP contribution < -0.4 is 10.1 Å². The molecule has 1 amide bonds. The lowest BCUT2D eigenvalue weighted by Gasteiger charge is -2.09. The third-order valence-electron chi connectivity index (χ3n) is 4.58. The number of rotatable bonds is 4. The normalized spacial score (nSPS) is 11.9. The van der Waals surface area contributed by atoms with E-state index in [0.29, 0.717) is 10.4 Å². The van der Waals surface area contributed by atoms with Gasteiger partial charge in [-0.3, -0.25) is 0 Å². The number of fused-ring (bicyclic) bond motifs is 2. The predicted molar refractivity (Wildman–Crippen MR) is 109 cm³/mol. The van der Waals surface area contributed by atoms with Crippen LogP contribution in [-0.4, -0.2) is 22.6 Å². The van der Waals surface area contributed by atoms with Crippen molar-refractivity contribution in [3.63, 3.8) is 0 Å². The lowest BCUT2D eigenvalue weighted by Crippen LogP contribution is -2.29. The largest absolute Gasteiger partial charge is 0.431 e. The van der Waals surface area contributed by atoms with E-state index >= 15 is 0 Å². The Balaban J connectivity index is 1.46. The third kappa shape index (κ3) is 4.06. The van der Waals surface area contributed by atoms with Gasteiger partial charge in [0.25, 0.3) is 0 Å². The van der Waals surface area contributed by atoms with Gasteiger partial charge in [-0.2, -0.15) is 13.2 Å². The molecule has 0 aliphatic carbocycles. The molecule has 0 aliphatic rings. The van der Waals surface area contributed by atoms with Crippen LogP contribution in [0.4, 0.5) is 18.0 Å². The minimum absolute atomic E-state index is 0.0283. The average Bonchev–Trinajstić information content (AvgIpc) is 3.23. The van der Waals surface area contributed by atoms with Crippen LogP contribution in [0.1, 0.15) is 11.3 Å². The Morgan fingerprint density at radius 2 is 1.90 bits per heavy atom. The Kier molecular flexibility index (Phi) is 5.29. The molecule has 0 fully saturated rings. The lowest BCUT2D eigenvalue weighted by molar-refractivity contribution is -0.141. The van der Waals surface area contributed by atoms with Crippen LogP contribution in [0.2, 0.25) is 10.0 Å². The molecular formula is C20H14Cl2F3N3O2. The number of carbonyl (C=O) groups excluding carboxylic acids is 1. The van der Waals surface area contributed by atoms with E-state index in [2.05, 4.69) is 15.3 Å². The van der Waals surface area contributed by atoms with Gasteiger partial charge in [-0.15, -0.1) is 0 Å². The summed E-state index contributed by atoms with van der Waals surface area (Å²) in [6, 6.07) is 11.4. The molecule has 3 N–H and O–H groups in total. The smallest absolute Gasteiger partial charge is 0.393 e. The fraction of sp³-hybridized carbons (Fsp3) is 0.150. The van der Waals surface area contributed by atoms with Crippen molar-refractivity contribution in [2.75, 3.05) is 6.54 Å². The van der Waals surface area contributed by atoms with Crippen molar-refractivity contribution >= 4 is 51.1 Å². The van der Waals surface area contributed by atoms with Gasteiger partial charge >= 0.3 is 12.3 Å². The van der Waals surface area contributed by atoms with Crippen molar-refractivity contribution in [2.45, 2.75) is 12.6 Å². The summed E-state index contributed by atoms with van der Waals surface area (Å²) in [5.74, 6) is 0.194. The van der Waals surface area contributed by atoms with E-state index in [0.717, 1.165) is 10.9 Å². The number of ether oxygens (including phenoxy) is 1. The fourth-order valence-corrected chi connectivity index (χ4v) is 3.70. The number of H-pyrrole nitrogens is 2. The van der Waals surface area contributed by atoms with Crippen LogP contribution in [-0.2, 0) is 12.6 Å². The number of alkyl halides is 3. The second kappa shape index (κ2) is 7.77. The zero-order chi connectivity index (χ0) is 21.5. The standard InChI is InChI=1S/C20H14Cl2F3N3O2/c21-11-4-5-15-10(8-11)9-16(27-15)30-19(29)26-7-6-13-12-2-1-3-14(22)17(12)28-18(13)20(23,24)25/h1-5,8-9,27-28H,6-7H2,(H,26,29). The topological polar surface area (TPSA) is 69.9 Å². The molecule has 0 saturated carbocycles. The van der Waals surface area contributed by atoms with Crippen molar-refractivity contribution in [1.29, 1.82) is 0 Å². The number of hydrogen-bond donors (Lipinski definition) is 3. The molecule has 4 aromatic rings. The molecule has 2 aromatic carbocycles. The number of aromatic amines is 2. The minimum atomic E-state index is -4.58. The molecule has 0 aliphatic heterocycles. The first kappa shape index (κ1) is 20.4. The van der Waals surface area contributed by atoms with Crippen LogP contribution in [0.5, 0.6) is 5.88 Å². The number of benzene rings is 2. The summed E-state index contributed by atoms with van der Waals surface area (Å²) < 4.78 is 45.4. The van der Waals surface area contributed by atoms with Crippen molar-refractivity contribution in [3.8, 4) is 5.88 Å². The van der Waals surface area contributed by atoms with Crippen LogP contribution in [0.3, 0.4) is 0 Å². The van der Waals surface area contributed by atoms with Gasteiger partial charge in [0.2, 0.25) is 5.88 Å². The Bertz CT molecular complexity index is 1250. The molecule has 156 valence electrons. The lowest BCUT2D eigenvalue weighted by atomic mass is 10.1. The van der Waals surface area contributed by atoms with Crippen LogP contribution >= 0.6 is 23.2 Å². The Hall–Kier alpha value is -2.84. The fourth-order valence-electron chi connectivity index (χ4n) is 3.30. The quantitative estimate of drug-likeness (QED) is 0.337. The molecule has 0 unspecified atom stereocenters. The molecule has 0 bridgehead atoms. The summed E-state index contributed by atoms with van der Waals surface area (Å²) in [6.07, 6.45) is -5.43. The highest BCUT2D eigenvalue weighted by Gasteiger charge is 2.36. The maximum atomic E-state index is 13.4. The minimum Gasteiger partial charge on any atom is -0.393 e. The average molecular weight is 456 g/mol. The van der Waals surface area contributed by atoms with Crippen molar-refractivity contribution in [1.82, 2.24) is 15.3 Å². The Morgan fingerprint density at radius 3 is 2.67 bits per heavy atom. The van der Waals surface area contributed by atoms with Crippen LogP contribution in [0.15, 0.2) is 42.5 Å². The second-order valence-corrected chi connectivity index (χ2v) is 7.41. The maximum Gasteiger partial charge on any atom is 0.431 e. The molecule has 2 heterocycles. The molecule has 2 aromatic heterocycles. The molecule has 0 radical (unpaired) electrons. The SMILES string of the molecule is O=C(NCCc1c(C(F)(F)F)[nH]c2c(Cl)cccc12)Oc1cc2cc(Cl)ccc2[nH]1. The molecule has 10 heteroatoms. The number of aromatic nitrogens is 2. The summed E-state index contributed by atoms with van der Waals surface area (Å²) in [6.45, 7) is -0.0621. The summed E-state index contributed by atoms with van der Waals surface area (Å²) in [5.41, 5.74) is 0.0855. The number of para-hydroxylation sites is 1. The summed E-state index contributed by atoms with van der Waals surface area (Å²) >= 11 is 11.9. The van der Waals surface area contributed by atoms with Gasteiger partial charge in [0.1, 0.15) is 5.69 Å². The van der Waals surface area contributed by atoms with Gasteiger partial charge in [0.05, 0.1) is 10.5 Å². The zero-order valence-corrected chi connectivity index (χ0v) is 16.7. The van der Waals surface area contributed by atoms with Gasteiger partial charge in [-0.05, 0) is 36.2 Å². The number of hydrogen-bond acceptors (Lipinski definition) is 2. The molecule has 0 spiro atoms. The van der Waals surface area contributed by atoms with E-state index < -0.39 is 18.0 Å². The zero-order valence-electron chi connectivity index (χ0n) is 15.2. The highest BCUT2D eigenvalue weighted by molar-refractivity contribution is 6.35. The monoisotopic (exact) mass is 455 g/mol. The van der Waals surface area contributed by atoms with Gasteiger partial charge < -0.3 is 20.0 Å². The number of halogens is 5. The summed E-state index contributed by atoms with van der Waals surface area (Å²) in [7, 11) is 0. The van der Waals surface area contributed by atoms with E-state index in [9.17, 15) is 18.0 Å². The molecule has 4 rings (SSSR count).